The number of carbonyl (C=O) groups excluding carboxylic acids is 1. The van der Waals surface area contributed by atoms with Gasteiger partial charge in [0.2, 0.25) is 0 Å². The van der Waals surface area contributed by atoms with Crippen LogP contribution in [0.2, 0.25) is 0 Å². The van der Waals surface area contributed by atoms with E-state index in [1.54, 1.807) is 0 Å². The van der Waals surface area contributed by atoms with Gasteiger partial charge in [0.15, 0.2) is 0 Å². The van der Waals surface area contributed by atoms with Gasteiger partial charge in [-0.3, -0.25) is 4.79 Å². The molecule has 0 aromatic carbocycles. The third kappa shape index (κ3) is 3.97. The predicted octanol–water partition coefficient (Wildman–Crippen LogP) is 3.35. The van der Waals surface area contributed by atoms with Crippen molar-refractivity contribution in [3.05, 3.63) is 0 Å². The van der Waals surface area contributed by atoms with E-state index < -0.39 is 12.8 Å². The first-order valence-electron chi connectivity index (χ1n) is 6.60. The number of Topliss-reactive ketones (excluding diaryl/α,β-unsaturated/α-hetero) is 1. The van der Waals surface area contributed by atoms with E-state index in [0.717, 1.165) is 12.3 Å². The summed E-state index contributed by atoms with van der Waals surface area (Å²) in [5.74, 6) is 2.03. The van der Waals surface area contributed by atoms with Crippen molar-refractivity contribution in [2.75, 3.05) is 13.2 Å². The third-order valence-corrected chi connectivity index (χ3v) is 4.17. The van der Waals surface area contributed by atoms with E-state index in [1.165, 1.54) is 19.3 Å². The zero-order valence-corrected chi connectivity index (χ0v) is 10.3. The maximum Gasteiger partial charge on any atom is 0.411 e. The van der Waals surface area contributed by atoms with Crippen LogP contribution in [0.15, 0.2) is 0 Å². The molecule has 2 nitrogen and oxygen atoms in total. The third-order valence-electron chi connectivity index (χ3n) is 4.17. The fourth-order valence-electron chi connectivity index (χ4n) is 3.39. The number of ether oxygens (including phenoxy) is 1. The van der Waals surface area contributed by atoms with Gasteiger partial charge in [0.25, 0.3) is 0 Å². The van der Waals surface area contributed by atoms with Gasteiger partial charge in [0.05, 0.1) is 6.61 Å². The van der Waals surface area contributed by atoms with Crippen LogP contribution in [0.3, 0.4) is 0 Å². The second kappa shape index (κ2) is 5.59. The Labute approximate surface area is 105 Å². The molecule has 0 saturated heterocycles. The molecule has 2 saturated carbocycles. The van der Waals surface area contributed by atoms with Crippen molar-refractivity contribution >= 4 is 5.78 Å². The van der Waals surface area contributed by atoms with Crippen molar-refractivity contribution in [2.24, 2.45) is 17.8 Å². The first-order valence-corrected chi connectivity index (χ1v) is 6.60. The number of rotatable bonds is 6. The summed E-state index contributed by atoms with van der Waals surface area (Å²) in [5, 5.41) is 0. The van der Waals surface area contributed by atoms with Crippen molar-refractivity contribution in [1.82, 2.24) is 0 Å². The molecule has 0 aromatic rings. The molecular formula is C13H19F3O2. The zero-order valence-electron chi connectivity index (χ0n) is 10.3. The Kier molecular flexibility index (Phi) is 4.30. The maximum atomic E-state index is 11.8. The van der Waals surface area contributed by atoms with Crippen LogP contribution in [-0.4, -0.2) is 25.2 Å². The molecule has 2 fully saturated rings. The quantitative estimate of drug-likeness (QED) is 0.688. The van der Waals surface area contributed by atoms with Crippen molar-refractivity contribution in [3.63, 3.8) is 0 Å². The summed E-state index contributed by atoms with van der Waals surface area (Å²) in [7, 11) is 0. The summed E-state index contributed by atoms with van der Waals surface area (Å²) in [4.78, 5) is 11.6. The molecule has 5 heteroatoms. The van der Waals surface area contributed by atoms with E-state index in [0.29, 0.717) is 18.3 Å². The van der Waals surface area contributed by atoms with Gasteiger partial charge in [-0.2, -0.15) is 13.2 Å². The van der Waals surface area contributed by atoms with Gasteiger partial charge in [-0.05, 0) is 37.0 Å². The van der Waals surface area contributed by atoms with Crippen LogP contribution in [0.25, 0.3) is 0 Å². The van der Waals surface area contributed by atoms with Crippen LogP contribution in [0, 0.1) is 17.8 Å². The first kappa shape index (κ1) is 13.8. The van der Waals surface area contributed by atoms with E-state index in [1.807, 2.05) is 0 Å². The Balaban J connectivity index is 1.58. The minimum Gasteiger partial charge on any atom is -0.372 e. The van der Waals surface area contributed by atoms with E-state index in [2.05, 4.69) is 4.74 Å². The molecule has 18 heavy (non-hydrogen) atoms. The Bertz CT molecular complexity index is 301. The number of fused-ring (bicyclic) bond motifs is 2. The lowest BCUT2D eigenvalue weighted by Crippen LogP contribution is -2.19. The Morgan fingerprint density at radius 3 is 2.56 bits per heavy atom. The number of ketones is 1. The minimum atomic E-state index is -4.30. The van der Waals surface area contributed by atoms with Crippen LogP contribution in [-0.2, 0) is 9.53 Å². The Morgan fingerprint density at radius 2 is 2.00 bits per heavy atom. The summed E-state index contributed by atoms with van der Waals surface area (Å²) in [5.41, 5.74) is 0. The van der Waals surface area contributed by atoms with E-state index in [9.17, 15) is 18.0 Å². The molecule has 3 atom stereocenters. The molecule has 2 aliphatic carbocycles. The second-order valence-corrected chi connectivity index (χ2v) is 5.60. The molecule has 104 valence electrons. The Hall–Kier alpha value is -0.580. The molecule has 2 bridgehead atoms. The number of halogens is 3. The smallest absolute Gasteiger partial charge is 0.372 e. The highest BCUT2D eigenvalue weighted by atomic mass is 19.4. The van der Waals surface area contributed by atoms with Gasteiger partial charge in [-0.1, -0.05) is 6.42 Å². The van der Waals surface area contributed by atoms with E-state index in [-0.39, 0.29) is 18.8 Å². The molecular weight excluding hydrogens is 245 g/mol. The summed E-state index contributed by atoms with van der Waals surface area (Å²) < 4.78 is 39.8. The largest absolute Gasteiger partial charge is 0.411 e. The average Bonchev–Trinajstić information content (AvgIpc) is 2.85. The molecule has 0 spiro atoms. The van der Waals surface area contributed by atoms with Crippen LogP contribution in [0.1, 0.15) is 38.5 Å². The first-order chi connectivity index (χ1) is 8.44. The maximum absolute atomic E-state index is 11.8. The van der Waals surface area contributed by atoms with Gasteiger partial charge in [0.1, 0.15) is 12.4 Å². The normalized spacial score (nSPS) is 30.9. The summed E-state index contributed by atoms with van der Waals surface area (Å²) >= 11 is 0. The highest BCUT2D eigenvalue weighted by Gasteiger charge is 2.39. The lowest BCUT2D eigenvalue weighted by atomic mass is 9.85. The molecule has 0 heterocycles. The molecule has 3 unspecified atom stereocenters. The SMILES string of the molecule is O=C(CCOCC(F)(F)F)CC1CC2CCC1C2. The van der Waals surface area contributed by atoms with Gasteiger partial charge in [0, 0.05) is 12.8 Å². The molecule has 0 aromatic heterocycles. The van der Waals surface area contributed by atoms with Crippen molar-refractivity contribution in [1.29, 1.82) is 0 Å². The number of hydrogen-bond donors (Lipinski definition) is 0. The molecule has 0 radical (unpaired) electrons. The van der Waals surface area contributed by atoms with Crippen LogP contribution >= 0.6 is 0 Å². The van der Waals surface area contributed by atoms with Crippen molar-refractivity contribution < 1.29 is 22.7 Å². The fraction of sp³-hybridized carbons (Fsp3) is 0.923. The highest BCUT2D eigenvalue weighted by Crippen LogP contribution is 2.49. The molecule has 2 rings (SSSR count). The minimum absolute atomic E-state index is 0.0507. The molecule has 0 amide bonds. The number of carbonyl (C=O) groups is 1. The Morgan fingerprint density at radius 1 is 1.22 bits per heavy atom. The molecule has 0 N–H and O–H groups in total. The number of hydrogen-bond acceptors (Lipinski definition) is 2. The van der Waals surface area contributed by atoms with Gasteiger partial charge < -0.3 is 4.74 Å². The average molecular weight is 264 g/mol. The fourth-order valence-corrected chi connectivity index (χ4v) is 3.39. The van der Waals surface area contributed by atoms with E-state index in [4.69, 9.17) is 0 Å². The van der Waals surface area contributed by atoms with E-state index >= 15 is 0 Å². The zero-order chi connectivity index (χ0) is 13.2. The van der Waals surface area contributed by atoms with Crippen LogP contribution in [0.4, 0.5) is 13.2 Å². The molecule has 2 aliphatic rings. The van der Waals surface area contributed by atoms with Crippen LogP contribution in [0.5, 0.6) is 0 Å². The highest BCUT2D eigenvalue weighted by molar-refractivity contribution is 5.78. The molecule has 0 aliphatic heterocycles. The predicted molar refractivity (Wildman–Crippen MR) is 60.1 cm³/mol. The standard InChI is InChI=1S/C13H19F3O2/c14-13(15,16)8-18-4-3-12(17)7-11-6-9-1-2-10(11)5-9/h9-11H,1-8H2. The second-order valence-electron chi connectivity index (χ2n) is 5.60. The van der Waals surface area contributed by atoms with Gasteiger partial charge in [-0.25, -0.2) is 0 Å². The van der Waals surface area contributed by atoms with Crippen LogP contribution < -0.4 is 0 Å². The number of alkyl halides is 3. The lowest BCUT2D eigenvalue weighted by Gasteiger charge is -2.20. The van der Waals surface area contributed by atoms with Gasteiger partial charge in [-0.15, -0.1) is 0 Å². The summed E-state index contributed by atoms with van der Waals surface area (Å²) in [6.45, 7) is -1.37. The lowest BCUT2D eigenvalue weighted by molar-refractivity contribution is -0.174. The van der Waals surface area contributed by atoms with Gasteiger partial charge >= 0.3 is 6.18 Å². The van der Waals surface area contributed by atoms with Crippen molar-refractivity contribution in [2.45, 2.75) is 44.7 Å². The summed E-state index contributed by atoms with van der Waals surface area (Å²) in [6, 6.07) is 0. The monoisotopic (exact) mass is 264 g/mol. The summed E-state index contributed by atoms with van der Waals surface area (Å²) in [6.07, 6.45) is 1.27. The topological polar surface area (TPSA) is 26.3 Å². The van der Waals surface area contributed by atoms with Crippen molar-refractivity contribution in [3.8, 4) is 0 Å².